The van der Waals surface area contributed by atoms with Gasteiger partial charge in [-0.2, -0.15) is 0 Å². The minimum Gasteiger partial charge on any atom is -0.496 e. The number of rotatable bonds is 6. The van der Waals surface area contributed by atoms with Gasteiger partial charge in [0.25, 0.3) is 5.91 Å². The van der Waals surface area contributed by atoms with Gasteiger partial charge in [-0.25, -0.2) is 0 Å². The molecule has 4 rings (SSSR count). The highest BCUT2D eigenvalue weighted by Crippen LogP contribution is 2.35. The van der Waals surface area contributed by atoms with Gasteiger partial charge < -0.3 is 24.5 Å². The molecule has 1 heterocycles. The molecule has 30 heavy (non-hydrogen) atoms. The van der Waals surface area contributed by atoms with Gasteiger partial charge in [0.1, 0.15) is 5.75 Å². The molecular formula is C24H28N2O4. The lowest BCUT2D eigenvalue weighted by Crippen LogP contribution is -2.23. The van der Waals surface area contributed by atoms with Gasteiger partial charge in [-0.15, -0.1) is 0 Å². The molecule has 2 aromatic carbocycles. The Morgan fingerprint density at radius 1 is 1.10 bits per heavy atom. The number of aromatic amines is 1. The molecule has 0 saturated heterocycles. The van der Waals surface area contributed by atoms with E-state index in [-0.39, 0.29) is 5.91 Å². The number of hydrogen-bond donors (Lipinski definition) is 2. The molecule has 0 saturated carbocycles. The van der Waals surface area contributed by atoms with E-state index in [4.69, 9.17) is 14.2 Å². The van der Waals surface area contributed by atoms with Gasteiger partial charge in [-0.1, -0.05) is 19.1 Å². The van der Waals surface area contributed by atoms with Gasteiger partial charge in [0, 0.05) is 29.3 Å². The Morgan fingerprint density at radius 2 is 1.83 bits per heavy atom. The molecular weight excluding hydrogens is 380 g/mol. The van der Waals surface area contributed by atoms with Crippen molar-refractivity contribution in [3.8, 4) is 17.2 Å². The van der Waals surface area contributed by atoms with Crippen molar-refractivity contribution in [3.63, 3.8) is 0 Å². The first-order valence-corrected chi connectivity index (χ1v) is 10.2. The van der Waals surface area contributed by atoms with E-state index in [0.29, 0.717) is 35.3 Å². The molecule has 1 unspecified atom stereocenters. The highest BCUT2D eigenvalue weighted by Gasteiger charge is 2.22. The molecule has 0 bridgehead atoms. The van der Waals surface area contributed by atoms with E-state index in [1.807, 2.05) is 18.2 Å². The summed E-state index contributed by atoms with van der Waals surface area (Å²) < 4.78 is 16.2. The molecule has 2 N–H and O–H groups in total. The summed E-state index contributed by atoms with van der Waals surface area (Å²) in [7, 11) is 4.76. The van der Waals surface area contributed by atoms with Crippen LogP contribution in [0.25, 0.3) is 10.9 Å². The number of amides is 1. The Bertz CT molecular complexity index is 1090. The van der Waals surface area contributed by atoms with Gasteiger partial charge in [-0.05, 0) is 42.9 Å². The number of carbonyl (C=O) groups excluding carboxylic acids is 1. The number of para-hydroxylation sites is 1. The molecule has 0 fully saturated rings. The zero-order valence-corrected chi connectivity index (χ0v) is 17.9. The lowest BCUT2D eigenvalue weighted by Gasteiger charge is -2.17. The fourth-order valence-electron chi connectivity index (χ4n) is 4.31. The number of H-pyrrole nitrogens is 1. The van der Waals surface area contributed by atoms with Crippen LogP contribution in [0.1, 0.15) is 40.5 Å². The van der Waals surface area contributed by atoms with Gasteiger partial charge in [0.05, 0.1) is 32.4 Å². The van der Waals surface area contributed by atoms with E-state index >= 15 is 0 Å². The smallest absolute Gasteiger partial charge is 0.253 e. The average molecular weight is 408 g/mol. The Hall–Kier alpha value is -3.15. The van der Waals surface area contributed by atoms with Crippen molar-refractivity contribution < 1.29 is 19.0 Å². The van der Waals surface area contributed by atoms with Crippen molar-refractivity contribution in [3.05, 3.63) is 52.7 Å². The molecule has 1 aromatic heterocycles. The van der Waals surface area contributed by atoms with Crippen LogP contribution in [0.3, 0.4) is 0 Å². The Kier molecular flexibility index (Phi) is 5.57. The first-order valence-electron chi connectivity index (χ1n) is 10.2. The number of nitrogens with one attached hydrogen (secondary N) is 2. The Balaban J connectivity index is 1.60. The first kappa shape index (κ1) is 20.1. The molecule has 6 nitrogen and oxygen atoms in total. The van der Waals surface area contributed by atoms with Crippen LogP contribution in [0.2, 0.25) is 0 Å². The summed E-state index contributed by atoms with van der Waals surface area (Å²) in [5.41, 5.74) is 5.03. The van der Waals surface area contributed by atoms with Crippen LogP contribution in [-0.2, 0) is 19.4 Å². The minimum absolute atomic E-state index is 0.121. The average Bonchev–Trinajstić information content (AvgIpc) is 3.14. The van der Waals surface area contributed by atoms with Crippen LogP contribution in [0.4, 0.5) is 0 Å². The third-order valence-corrected chi connectivity index (χ3v) is 5.94. The van der Waals surface area contributed by atoms with Crippen LogP contribution in [-0.4, -0.2) is 32.2 Å². The van der Waals surface area contributed by atoms with Crippen molar-refractivity contribution in [2.24, 2.45) is 5.92 Å². The SMILES string of the molecule is COc1cc(OC)c(OC)cc1CNC(=O)c1cccc2c3c([nH]c12)CCC(C)C3. The van der Waals surface area contributed by atoms with Gasteiger partial charge >= 0.3 is 0 Å². The summed E-state index contributed by atoms with van der Waals surface area (Å²) in [4.78, 5) is 16.6. The number of benzene rings is 2. The highest BCUT2D eigenvalue weighted by atomic mass is 16.5. The quantitative estimate of drug-likeness (QED) is 0.640. The molecule has 0 spiro atoms. The third-order valence-electron chi connectivity index (χ3n) is 5.94. The number of methoxy groups -OCH3 is 3. The molecule has 3 aromatic rings. The second-order valence-corrected chi connectivity index (χ2v) is 7.86. The van der Waals surface area contributed by atoms with Crippen molar-refractivity contribution in [2.75, 3.05) is 21.3 Å². The second-order valence-electron chi connectivity index (χ2n) is 7.86. The third kappa shape index (κ3) is 3.58. The van der Waals surface area contributed by atoms with E-state index in [1.54, 1.807) is 27.4 Å². The molecule has 1 aliphatic carbocycles. The van der Waals surface area contributed by atoms with Gasteiger partial charge in [0.15, 0.2) is 11.5 Å². The molecule has 1 atom stereocenters. The molecule has 0 radical (unpaired) electrons. The lowest BCUT2D eigenvalue weighted by molar-refractivity contribution is 0.0952. The topological polar surface area (TPSA) is 72.6 Å². The summed E-state index contributed by atoms with van der Waals surface area (Å²) in [6, 6.07) is 9.53. The van der Waals surface area contributed by atoms with Crippen LogP contribution in [0.15, 0.2) is 30.3 Å². The van der Waals surface area contributed by atoms with E-state index < -0.39 is 0 Å². The fraction of sp³-hybridized carbons (Fsp3) is 0.375. The minimum atomic E-state index is -0.121. The first-order chi connectivity index (χ1) is 14.5. The predicted molar refractivity (Wildman–Crippen MR) is 117 cm³/mol. The number of carbonyl (C=O) groups is 1. The summed E-state index contributed by atoms with van der Waals surface area (Å²) in [6.07, 6.45) is 3.28. The monoisotopic (exact) mass is 408 g/mol. The van der Waals surface area contributed by atoms with Gasteiger partial charge in [0.2, 0.25) is 0 Å². The fourth-order valence-corrected chi connectivity index (χ4v) is 4.31. The van der Waals surface area contributed by atoms with Crippen LogP contribution in [0.5, 0.6) is 17.2 Å². The highest BCUT2D eigenvalue weighted by molar-refractivity contribution is 6.06. The number of aromatic nitrogens is 1. The van der Waals surface area contributed by atoms with Gasteiger partial charge in [-0.3, -0.25) is 4.79 Å². The van der Waals surface area contributed by atoms with Crippen molar-refractivity contribution >= 4 is 16.8 Å². The lowest BCUT2D eigenvalue weighted by atomic mass is 9.87. The number of hydrogen-bond acceptors (Lipinski definition) is 4. The maximum Gasteiger partial charge on any atom is 0.253 e. The number of fused-ring (bicyclic) bond motifs is 3. The summed E-state index contributed by atoms with van der Waals surface area (Å²) in [6.45, 7) is 2.60. The Morgan fingerprint density at radius 3 is 2.57 bits per heavy atom. The van der Waals surface area contributed by atoms with E-state index in [0.717, 1.165) is 29.3 Å². The van der Waals surface area contributed by atoms with Crippen molar-refractivity contribution in [1.29, 1.82) is 0 Å². The summed E-state index contributed by atoms with van der Waals surface area (Å²) in [5, 5.41) is 4.18. The van der Waals surface area contributed by atoms with Crippen molar-refractivity contribution in [2.45, 2.75) is 32.7 Å². The predicted octanol–water partition coefficient (Wildman–Crippen LogP) is 4.25. The molecule has 6 heteroatoms. The van der Waals surface area contributed by atoms with E-state index in [9.17, 15) is 4.79 Å². The molecule has 1 amide bonds. The maximum atomic E-state index is 13.1. The molecule has 0 aliphatic heterocycles. The number of ether oxygens (including phenoxy) is 3. The number of aryl methyl sites for hydroxylation is 1. The summed E-state index contributed by atoms with van der Waals surface area (Å²) in [5.74, 6) is 2.36. The van der Waals surface area contributed by atoms with Crippen molar-refractivity contribution in [1.82, 2.24) is 10.3 Å². The van der Waals surface area contributed by atoms with E-state index in [1.165, 1.54) is 17.7 Å². The second kappa shape index (κ2) is 8.30. The van der Waals surface area contributed by atoms with Crippen LogP contribution >= 0.6 is 0 Å². The normalized spacial score (nSPS) is 15.5. The maximum absolute atomic E-state index is 13.1. The zero-order valence-electron chi connectivity index (χ0n) is 17.9. The van der Waals surface area contributed by atoms with Crippen LogP contribution in [0, 0.1) is 5.92 Å². The standard InChI is InChI=1S/C24H28N2O4/c1-14-8-9-19-18(10-14)16-6-5-7-17(23(16)26-19)24(27)25-13-15-11-21(29-3)22(30-4)12-20(15)28-2/h5-7,11-12,14,26H,8-10,13H2,1-4H3,(H,25,27). The zero-order chi connectivity index (χ0) is 21.3. The van der Waals surface area contributed by atoms with Crippen LogP contribution < -0.4 is 19.5 Å². The van der Waals surface area contributed by atoms with E-state index in [2.05, 4.69) is 23.3 Å². The largest absolute Gasteiger partial charge is 0.496 e. The molecule has 158 valence electrons. The summed E-state index contributed by atoms with van der Waals surface area (Å²) >= 11 is 0. The Labute approximate surface area is 176 Å². The molecule has 1 aliphatic rings.